The average Bonchev–Trinajstić information content (AvgIpc) is 2.64. The molecule has 0 aliphatic rings. The van der Waals surface area contributed by atoms with Gasteiger partial charge in [-0.2, -0.15) is 0 Å². The Labute approximate surface area is 160 Å². The van der Waals surface area contributed by atoms with Gasteiger partial charge in [0.1, 0.15) is 18.2 Å². The molecule has 0 aliphatic heterocycles. The third-order valence-electron chi connectivity index (χ3n) is 3.62. The molecule has 6 heteroatoms. The molecule has 0 saturated carbocycles. The number of benzene rings is 3. The summed E-state index contributed by atoms with van der Waals surface area (Å²) in [6.45, 7) is 0.275. The lowest BCUT2D eigenvalue weighted by Crippen LogP contribution is -2.14. The minimum Gasteiger partial charge on any atom is -0.488 e. The van der Waals surface area contributed by atoms with Gasteiger partial charge in [-0.15, -0.1) is 0 Å². The molecule has 0 bridgehead atoms. The zero-order chi connectivity index (χ0) is 18.5. The van der Waals surface area contributed by atoms with Gasteiger partial charge in [-0.3, -0.25) is 4.79 Å². The Kier molecular flexibility index (Phi) is 5.76. The standard InChI is InChI=1S/C20H14Cl2FNO2/c21-14-7-5-13(6-8-14)12-26-19-4-2-1-3-16(19)20(25)24-18-10-9-15(22)11-17(18)23/h1-11H,12H2,(H,24,25). The van der Waals surface area contributed by atoms with Crippen molar-refractivity contribution in [3.05, 3.63) is 93.7 Å². The lowest BCUT2D eigenvalue weighted by molar-refractivity contribution is 0.102. The first-order valence-corrected chi connectivity index (χ1v) is 8.51. The Morgan fingerprint density at radius 2 is 1.65 bits per heavy atom. The van der Waals surface area contributed by atoms with Crippen molar-refractivity contribution in [2.45, 2.75) is 6.61 Å². The molecule has 3 rings (SSSR count). The SMILES string of the molecule is O=C(Nc1ccc(Cl)cc1F)c1ccccc1OCc1ccc(Cl)cc1. The number of carbonyl (C=O) groups excluding carboxylic acids is 1. The molecule has 0 atom stereocenters. The molecule has 0 radical (unpaired) electrons. The van der Waals surface area contributed by atoms with E-state index in [0.29, 0.717) is 16.3 Å². The number of anilines is 1. The number of nitrogens with one attached hydrogen (secondary N) is 1. The average molecular weight is 390 g/mol. The summed E-state index contributed by atoms with van der Waals surface area (Å²) in [5.74, 6) is -0.683. The van der Waals surface area contributed by atoms with Crippen LogP contribution >= 0.6 is 23.2 Å². The summed E-state index contributed by atoms with van der Waals surface area (Å²) in [6.07, 6.45) is 0. The summed E-state index contributed by atoms with van der Waals surface area (Å²) < 4.78 is 19.6. The molecule has 3 aromatic carbocycles. The normalized spacial score (nSPS) is 10.4. The highest BCUT2D eigenvalue weighted by atomic mass is 35.5. The summed E-state index contributed by atoms with van der Waals surface area (Å²) >= 11 is 11.6. The molecule has 3 aromatic rings. The van der Waals surface area contributed by atoms with Gasteiger partial charge in [-0.25, -0.2) is 4.39 Å². The lowest BCUT2D eigenvalue weighted by Gasteiger charge is -2.12. The van der Waals surface area contributed by atoms with Crippen LogP contribution in [0.4, 0.5) is 10.1 Å². The van der Waals surface area contributed by atoms with E-state index in [1.807, 2.05) is 12.1 Å². The number of ether oxygens (including phenoxy) is 1. The summed E-state index contributed by atoms with van der Waals surface area (Å²) in [7, 11) is 0. The maximum Gasteiger partial charge on any atom is 0.259 e. The molecule has 132 valence electrons. The maximum absolute atomic E-state index is 13.9. The third kappa shape index (κ3) is 4.54. The van der Waals surface area contributed by atoms with Crippen LogP contribution < -0.4 is 10.1 Å². The summed E-state index contributed by atoms with van der Waals surface area (Å²) in [4.78, 5) is 12.5. The van der Waals surface area contributed by atoms with Gasteiger partial charge in [0.2, 0.25) is 0 Å². The molecule has 26 heavy (non-hydrogen) atoms. The monoisotopic (exact) mass is 389 g/mol. The third-order valence-corrected chi connectivity index (χ3v) is 4.11. The van der Waals surface area contributed by atoms with E-state index in [1.54, 1.807) is 36.4 Å². The maximum atomic E-state index is 13.9. The van der Waals surface area contributed by atoms with Gasteiger partial charge < -0.3 is 10.1 Å². The van der Waals surface area contributed by atoms with Crippen LogP contribution in [0.5, 0.6) is 5.75 Å². The smallest absolute Gasteiger partial charge is 0.259 e. The van der Waals surface area contributed by atoms with Crippen LogP contribution in [0.3, 0.4) is 0 Å². The van der Waals surface area contributed by atoms with E-state index >= 15 is 0 Å². The summed E-state index contributed by atoms with van der Waals surface area (Å²) in [5, 5.41) is 3.42. The van der Waals surface area contributed by atoms with Crippen LogP contribution in [0.1, 0.15) is 15.9 Å². The Bertz CT molecular complexity index is 929. The number of rotatable bonds is 5. The van der Waals surface area contributed by atoms with E-state index in [9.17, 15) is 9.18 Å². The molecule has 1 N–H and O–H groups in total. The largest absolute Gasteiger partial charge is 0.488 e. The summed E-state index contributed by atoms with van der Waals surface area (Å²) in [6, 6.07) is 18.0. The molecule has 0 aliphatic carbocycles. The Morgan fingerprint density at radius 3 is 2.38 bits per heavy atom. The zero-order valence-corrected chi connectivity index (χ0v) is 15.0. The minimum atomic E-state index is -0.606. The lowest BCUT2D eigenvalue weighted by atomic mass is 10.1. The first-order valence-electron chi connectivity index (χ1n) is 7.75. The molecule has 0 aromatic heterocycles. The van der Waals surface area contributed by atoms with E-state index in [2.05, 4.69) is 5.32 Å². The van der Waals surface area contributed by atoms with Gasteiger partial charge in [-0.05, 0) is 48.0 Å². The Hall–Kier alpha value is -2.56. The highest BCUT2D eigenvalue weighted by molar-refractivity contribution is 6.30. The highest BCUT2D eigenvalue weighted by Crippen LogP contribution is 2.23. The molecular weight excluding hydrogens is 376 g/mol. The Morgan fingerprint density at radius 1 is 0.962 bits per heavy atom. The van der Waals surface area contributed by atoms with Crippen LogP contribution in [0.2, 0.25) is 10.0 Å². The molecule has 0 heterocycles. The zero-order valence-electron chi connectivity index (χ0n) is 13.5. The second kappa shape index (κ2) is 8.21. The summed E-state index contributed by atoms with van der Waals surface area (Å²) in [5.41, 5.74) is 1.26. The van der Waals surface area contributed by atoms with Crippen molar-refractivity contribution in [2.24, 2.45) is 0 Å². The fraction of sp³-hybridized carbons (Fsp3) is 0.0500. The minimum absolute atomic E-state index is 0.0481. The van der Waals surface area contributed by atoms with E-state index in [0.717, 1.165) is 11.6 Å². The van der Waals surface area contributed by atoms with Crippen LogP contribution in [-0.4, -0.2) is 5.91 Å². The fourth-order valence-corrected chi connectivity index (χ4v) is 2.59. The number of hydrogen-bond donors (Lipinski definition) is 1. The highest BCUT2D eigenvalue weighted by Gasteiger charge is 2.14. The van der Waals surface area contributed by atoms with Crippen molar-refractivity contribution < 1.29 is 13.9 Å². The van der Waals surface area contributed by atoms with Gasteiger partial charge in [0.05, 0.1) is 11.3 Å². The van der Waals surface area contributed by atoms with Crippen LogP contribution in [0.15, 0.2) is 66.7 Å². The molecule has 0 saturated heterocycles. The number of hydrogen-bond acceptors (Lipinski definition) is 2. The first-order chi connectivity index (χ1) is 12.5. The molecular formula is C20H14Cl2FNO2. The van der Waals surface area contributed by atoms with Crippen LogP contribution in [0.25, 0.3) is 0 Å². The van der Waals surface area contributed by atoms with Gasteiger partial charge in [0.15, 0.2) is 0 Å². The van der Waals surface area contributed by atoms with E-state index in [1.165, 1.54) is 12.1 Å². The van der Waals surface area contributed by atoms with E-state index in [-0.39, 0.29) is 17.3 Å². The Balaban J connectivity index is 1.75. The fourth-order valence-electron chi connectivity index (χ4n) is 2.30. The molecule has 3 nitrogen and oxygen atoms in total. The van der Waals surface area contributed by atoms with Crippen molar-refractivity contribution in [2.75, 3.05) is 5.32 Å². The second-order valence-electron chi connectivity index (χ2n) is 5.49. The molecule has 0 fully saturated rings. The van der Waals surface area contributed by atoms with Crippen LogP contribution in [-0.2, 0) is 6.61 Å². The van der Waals surface area contributed by atoms with Gasteiger partial charge in [0, 0.05) is 10.0 Å². The first kappa shape index (κ1) is 18.2. The number of halogens is 3. The van der Waals surface area contributed by atoms with Gasteiger partial charge in [0.25, 0.3) is 5.91 Å². The van der Waals surface area contributed by atoms with Crippen molar-refractivity contribution in [1.82, 2.24) is 0 Å². The molecule has 1 amide bonds. The van der Waals surface area contributed by atoms with E-state index < -0.39 is 11.7 Å². The van der Waals surface area contributed by atoms with Gasteiger partial charge >= 0.3 is 0 Å². The quantitative estimate of drug-likeness (QED) is 0.584. The van der Waals surface area contributed by atoms with E-state index in [4.69, 9.17) is 27.9 Å². The number of amides is 1. The second-order valence-corrected chi connectivity index (χ2v) is 6.36. The number of para-hydroxylation sites is 1. The van der Waals surface area contributed by atoms with Crippen LogP contribution in [0, 0.1) is 5.82 Å². The number of carbonyl (C=O) groups is 1. The topological polar surface area (TPSA) is 38.3 Å². The van der Waals surface area contributed by atoms with Crippen molar-refractivity contribution in [3.8, 4) is 5.75 Å². The van der Waals surface area contributed by atoms with Crippen molar-refractivity contribution >= 4 is 34.8 Å². The van der Waals surface area contributed by atoms with Gasteiger partial charge in [-0.1, -0.05) is 47.5 Å². The molecule has 0 unspecified atom stereocenters. The van der Waals surface area contributed by atoms with Crippen molar-refractivity contribution in [3.63, 3.8) is 0 Å². The molecule has 0 spiro atoms. The predicted octanol–water partition coefficient (Wildman–Crippen LogP) is 5.96. The predicted molar refractivity (Wildman–Crippen MR) is 102 cm³/mol. The van der Waals surface area contributed by atoms with Crippen molar-refractivity contribution in [1.29, 1.82) is 0 Å².